The maximum absolute atomic E-state index is 12.7. The Morgan fingerprint density at radius 2 is 2.07 bits per heavy atom. The number of nitrogens with zero attached hydrogens (tertiary/aromatic N) is 4. The maximum atomic E-state index is 12.7. The molecule has 0 aliphatic carbocycles. The number of hydrogen-bond donors (Lipinski definition) is 2. The van der Waals surface area contributed by atoms with Crippen LogP contribution in [0.4, 0.5) is 5.82 Å². The number of nitrogen functional groups attached to an aromatic ring is 1. The van der Waals surface area contributed by atoms with Gasteiger partial charge in [0, 0.05) is 13.7 Å². The molecule has 0 saturated carbocycles. The lowest BCUT2D eigenvalue weighted by Gasteiger charge is -2.04. The molecule has 9 heteroatoms. The number of fused-ring (bicyclic) bond motifs is 2. The summed E-state index contributed by atoms with van der Waals surface area (Å²) in [7, 11) is 1.56. The highest BCUT2D eigenvalue weighted by Crippen LogP contribution is 2.27. The number of carbonyl (C=O) groups excluding carboxylic acids is 1. The summed E-state index contributed by atoms with van der Waals surface area (Å²) in [6.07, 6.45) is 3.04. The fourth-order valence-corrected chi connectivity index (χ4v) is 2.82. The van der Waals surface area contributed by atoms with E-state index in [4.69, 9.17) is 14.9 Å². The molecule has 3 aromatic heterocycles. The van der Waals surface area contributed by atoms with Crippen LogP contribution in [0.15, 0.2) is 52.2 Å². The molecule has 3 heterocycles. The second kappa shape index (κ2) is 7.49. The fraction of sp³-hybridized carbons (Fsp3) is 0.158. The van der Waals surface area contributed by atoms with Gasteiger partial charge in [-0.2, -0.15) is 9.78 Å². The summed E-state index contributed by atoms with van der Waals surface area (Å²) in [5.74, 6) is 0.320. The Morgan fingerprint density at radius 1 is 1.29 bits per heavy atom. The molecule has 0 fully saturated rings. The molecule has 0 radical (unpaired) electrons. The van der Waals surface area contributed by atoms with E-state index in [2.05, 4.69) is 20.4 Å². The Kier molecular flexibility index (Phi) is 4.73. The zero-order chi connectivity index (χ0) is 19.5. The summed E-state index contributed by atoms with van der Waals surface area (Å²) in [4.78, 5) is 21.9. The summed E-state index contributed by atoms with van der Waals surface area (Å²) in [6, 6.07) is 10.9. The molecular formula is C19H18N6O3. The summed E-state index contributed by atoms with van der Waals surface area (Å²) in [5.41, 5.74) is 8.59. The number of hydrogen-bond acceptors (Lipinski definition) is 7. The van der Waals surface area contributed by atoms with Crippen LogP contribution in [0.25, 0.3) is 22.2 Å². The van der Waals surface area contributed by atoms with Gasteiger partial charge in [-0.05, 0) is 24.3 Å². The van der Waals surface area contributed by atoms with Crippen molar-refractivity contribution in [2.45, 2.75) is 0 Å². The molecule has 0 aliphatic heterocycles. The van der Waals surface area contributed by atoms with E-state index in [9.17, 15) is 4.79 Å². The average Bonchev–Trinajstić information content (AvgIpc) is 3.30. The molecule has 0 spiro atoms. The Balaban J connectivity index is 1.88. The molecule has 28 heavy (non-hydrogen) atoms. The van der Waals surface area contributed by atoms with Crippen molar-refractivity contribution in [1.29, 1.82) is 0 Å². The summed E-state index contributed by atoms with van der Waals surface area (Å²) in [5, 5.41) is 7.12. The highest BCUT2D eigenvalue weighted by molar-refractivity contribution is 6.10. The first-order chi connectivity index (χ1) is 13.7. The standard InChI is InChI=1S/C19H18N6O3/c1-27-10-8-21-19(26)15-16-18(24-14-7-3-2-6-13(14)23-16)25(17(15)20)22-11-12-5-4-9-28-12/h2-7,9,11H,8,10,20H2,1H3,(H,21,26)/b22-11+. The minimum atomic E-state index is -0.365. The Morgan fingerprint density at radius 3 is 2.79 bits per heavy atom. The SMILES string of the molecule is COCCNC(=O)c1c(N)n(/N=C/c2ccco2)c2nc3ccccc3nc12. The maximum Gasteiger partial charge on any atom is 0.257 e. The van der Waals surface area contributed by atoms with Crippen LogP contribution >= 0.6 is 0 Å². The lowest BCUT2D eigenvalue weighted by molar-refractivity contribution is 0.0939. The minimum absolute atomic E-state index is 0.142. The van der Waals surface area contributed by atoms with E-state index in [1.54, 1.807) is 25.5 Å². The van der Waals surface area contributed by atoms with Gasteiger partial charge < -0.3 is 20.2 Å². The van der Waals surface area contributed by atoms with Crippen molar-refractivity contribution >= 4 is 40.1 Å². The normalized spacial score (nSPS) is 11.6. The monoisotopic (exact) mass is 378 g/mol. The lowest BCUT2D eigenvalue weighted by atomic mass is 10.2. The van der Waals surface area contributed by atoms with Gasteiger partial charge in [-0.15, -0.1) is 0 Å². The van der Waals surface area contributed by atoms with Gasteiger partial charge in [-0.1, -0.05) is 12.1 Å². The quantitative estimate of drug-likeness (QED) is 0.391. The smallest absolute Gasteiger partial charge is 0.257 e. The van der Waals surface area contributed by atoms with Crippen LogP contribution in [0.2, 0.25) is 0 Å². The van der Waals surface area contributed by atoms with E-state index in [-0.39, 0.29) is 17.3 Å². The molecule has 1 aromatic carbocycles. The van der Waals surface area contributed by atoms with Crippen LogP contribution in [0, 0.1) is 0 Å². The second-order valence-electron chi connectivity index (χ2n) is 5.97. The van der Waals surface area contributed by atoms with E-state index in [1.807, 2.05) is 24.3 Å². The number of methoxy groups -OCH3 is 1. The van der Waals surface area contributed by atoms with E-state index in [0.29, 0.717) is 41.1 Å². The van der Waals surface area contributed by atoms with Gasteiger partial charge in [0.1, 0.15) is 22.7 Å². The first-order valence-electron chi connectivity index (χ1n) is 8.60. The van der Waals surface area contributed by atoms with E-state index < -0.39 is 0 Å². The molecule has 0 unspecified atom stereocenters. The lowest BCUT2D eigenvalue weighted by Crippen LogP contribution is -2.27. The number of aromatic nitrogens is 3. The third-order valence-electron chi connectivity index (χ3n) is 4.14. The molecule has 142 valence electrons. The van der Waals surface area contributed by atoms with Crippen molar-refractivity contribution in [3.63, 3.8) is 0 Å². The summed E-state index contributed by atoms with van der Waals surface area (Å²) < 4.78 is 11.6. The summed E-state index contributed by atoms with van der Waals surface area (Å²) in [6.45, 7) is 0.730. The van der Waals surface area contributed by atoms with Crippen LogP contribution in [-0.4, -0.2) is 47.0 Å². The van der Waals surface area contributed by atoms with Gasteiger partial charge in [0.2, 0.25) is 0 Å². The molecule has 9 nitrogen and oxygen atoms in total. The number of furan rings is 1. The van der Waals surface area contributed by atoms with E-state index in [1.165, 1.54) is 10.9 Å². The fourth-order valence-electron chi connectivity index (χ4n) is 2.82. The predicted octanol–water partition coefficient (Wildman–Crippen LogP) is 2.02. The number of anilines is 1. The Bertz CT molecular complexity index is 1160. The summed E-state index contributed by atoms with van der Waals surface area (Å²) >= 11 is 0. The highest BCUT2D eigenvalue weighted by atomic mass is 16.5. The zero-order valence-electron chi connectivity index (χ0n) is 15.1. The van der Waals surface area contributed by atoms with Gasteiger partial charge in [-0.3, -0.25) is 4.79 Å². The van der Waals surface area contributed by atoms with E-state index in [0.717, 1.165) is 0 Å². The van der Waals surface area contributed by atoms with Crippen molar-refractivity contribution in [3.05, 3.63) is 54.0 Å². The first kappa shape index (κ1) is 17.7. The number of ether oxygens (including phenoxy) is 1. The Hall–Kier alpha value is -3.72. The van der Waals surface area contributed by atoms with Crippen molar-refractivity contribution in [2.75, 3.05) is 26.0 Å². The number of para-hydroxylation sites is 2. The third kappa shape index (κ3) is 3.19. The zero-order valence-corrected chi connectivity index (χ0v) is 15.1. The van der Waals surface area contributed by atoms with Crippen molar-refractivity contribution in [2.24, 2.45) is 5.10 Å². The highest BCUT2D eigenvalue weighted by Gasteiger charge is 2.23. The van der Waals surface area contributed by atoms with Gasteiger partial charge in [0.15, 0.2) is 5.65 Å². The van der Waals surface area contributed by atoms with Gasteiger partial charge in [0.05, 0.1) is 30.1 Å². The van der Waals surface area contributed by atoms with Crippen LogP contribution in [0.1, 0.15) is 16.1 Å². The molecule has 1 amide bonds. The number of amides is 1. The minimum Gasteiger partial charge on any atom is -0.463 e. The molecule has 4 aromatic rings. The molecule has 0 saturated heterocycles. The van der Waals surface area contributed by atoms with E-state index >= 15 is 0 Å². The molecule has 0 atom stereocenters. The van der Waals surface area contributed by atoms with Crippen molar-refractivity contribution in [1.82, 2.24) is 20.0 Å². The number of nitrogens with two attached hydrogens (primary N) is 1. The largest absolute Gasteiger partial charge is 0.463 e. The van der Waals surface area contributed by atoms with Gasteiger partial charge >= 0.3 is 0 Å². The van der Waals surface area contributed by atoms with Gasteiger partial charge in [0.25, 0.3) is 5.91 Å². The Labute approximate surface area is 159 Å². The second-order valence-corrected chi connectivity index (χ2v) is 5.97. The van der Waals surface area contributed by atoms with Gasteiger partial charge in [-0.25, -0.2) is 9.97 Å². The predicted molar refractivity (Wildman–Crippen MR) is 105 cm³/mol. The molecular weight excluding hydrogens is 360 g/mol. The van der Waals surface area contributed by atoms with Crippen molar-refractivity contribution < 1.29 is 13.9 Å². The van der Waals surface area contributed by atoms with Crippen LogP contribution < -0.4 is 11.1 Å². The third-order valence-corrected chi connectivity index (χ3v) is 4.14. The molecule has 0 aliphatic rings. The number of carbonyl (C=O) groups is 1. The number of nitrogens with one attached hydrogen (secondary N) is 1. The molecule has 4 rings (SSSR count). The number of rotatable bonds is 6. The number of benzene rings is 1. The first-order valence-corrected chi connectivity index (χ1v) is 8.60. The van der Waals surface area contributed by atoms with Crippen molar-refractivity contribution in [3.8, 4) is 0 Å². The average molecular weight is 378 g/mol. The molecule has 3 N–H and O–H groups in total. The van der Waals surface area contributed by atoms with Crippen LogP contribution in [-0.2, 0) is 4.74 Å². The van der Waals surface area contributed by atoms with Crippen LogP contribution in [0.3, 0.4) is 0 Å². The van der Waals surface area contributed by atoms with Crippen LogP contribution in [0.5, 0.6) is 0 Å². The topological polar surface area (TPSA) is 121 Å². The molecule has 0 bridgehead atoms.